The zero-order valence-electron chi connectivity index (χ0n) is 18.0. The van der Waals surface area contributed by atoms with E-state index in [0.29, 0.717) is 22.3 Å². The number of ether oxygens (including phenoxy) is 3. The molecule has 0 bridgehead atoms. The summed E-state index contributed by atoms with van der Waals surface area (Å²) in [5, 5.41) is 5.18. The van der Waals surface area contributed by atoms with Crippen molar-refractivity contribution in [3.63, 3.8) is 0 Å². The van der Waals surface area contributed by atoms with E-state index in [1.807, 2.05) is 12.1 Å². The van der Waals surface area contributed by atoms with Crippen molar-refractivity contribution in [3.05, 3.63) is 64.6 Å². The van der Waals surface area contributed by atoms with Crippen molar-refractivity contribution < 1.29 is 23.8 Å². The fourth-order valence-electron chi connectivity index (χ4n) is 3.88. The number of fused-ring (bicyclic) bond motifs is 1. The standard InChI is InChI=1S/C23H23N3O6/c1-25-19(15-8-16(30-2)10-17(9-15)31-3)11-20(23(25)29)32-21(27)13-26-22(28)18-7-5-4-6-14(18)12-24-26/h4-10,12,19-20H,11,13H2,1-3H3/t19-,20-/m1/s1. The Labute approximate surface area is 184 Å². The number of esters is 1. The van der Waals surface area contributed by atoms with E-state index >= 15 is 0 Å². The Morgan fingerprint density at radius 2 is 1.78 bits per heavy atom. The Kier molecular flexibility index (Phi) is 5.81. The molecule has 9 heteroatoms. The third kappa shape index (κ3) is 4.01. The zero-order valence-corrected chi connectivity index (χ0v) is 18.0. The van der Waals surface area contributed by atoms with Crippen LogP contribution < -0.4 is 15.0 Å². The van der Waals surface area contributed by atoms with Gasteiger partial charge >= 0.3 is 5.97 Å². The maximum Gasteiger partial charge on any atom is 0.328 e. The second kappa shape index (κ2) is 8.70. The van der Waals surface area contributed by atoms with Crippen LogP contribution in [0.25, 0.3) is 10.8 Å². The number of hydrogen-bond acceptors (Lipinski definition) is 7. The molecule has 4 rings (SSSR count). The molecular formula is C23H23N3O6. The topological polar surface area (TPSA) is 100.0 Å². The molecule has 1 aromatic heterocycles. The summed E-state index contributed by atoms with van der Waals surface area (Å²) in [4.78, 5) is 39.4. The van der Waals surface area contributed by atoms with Gasteiger partial charge in [-0.25, -0.2) is 4.68 Å². The van der Waals surface area contributed by atoms with Crippen molar-refractivity contribution in [2.75, 3.05) is 21.3 Å². The predicted molar refractivity (Wildman–Crippen MR) is 116 cm³/mol. The first-order valence-electron chi connectivity index (χ1n) is 10.0. The number of nitrogens with zero attached hydrogens (tertiary/aromatic N) is 3. The number of aromatic nitrogens is 2. The lowest BCUT2D eigenvalue weighted by atomic mass is 10.0. The molecule has 9 nitrogen and oxygen atoms in total. The number of benzene rings is 2. The van der Waals surface area contributed by atoms with Crippen LogP contribution in [0.2, 0.25) is 0 Å². The second-order valence-corrected chi connectivity index (χ2v) is 7.52. The van der Waals surface area contributed by atoms with Crippen LogP contribution in [0.4, 0.5) is 0 Å². The van der Waals surface area contributed by atoms with E-state index in [0.717, 1.165) is 10.2 Å². The molecule has 32 heavy (non-hydrogen) atoms. The molecule has 1 saturated heterocycles. The molecule has 0 radical (unpaired) electrons. The number of likely N-dealkylation sites (N-methyl/N-ethyl adjacent to an activating group) is 1. The van der Waals surface area contributed by atoms with Crippen molar-refractivity contribution in [3.8, 4) is 11.5 Å². The summed E-state index contributed by atoms with van der Waals surface area (Å²) in [5.41, 5.74) is 0.416. The predicted octanol–water partition coefficient (Wildman–Crippen LogP) is 1.93. The molecule has 2 aromatic carbocycles. The zero-order chi connectivity index (χ0) is 22.8. The Morgan fingerprint density at radius 1 is 1.09 bits per heavy atom. The van der Waals surface area contributed by atoms with Gasteiger partial charge in [0.05, 0.1) is 31.8 Å². The number of carbonyl (C=O) groups excluding carboxylic acids is 2. The van der Waals surface area contributed by atoms with Crippen LogP contribution in [0.5, 0.6) is 11.5 Å². The second-order valence-electron chi connectivity index (χ2n) is 7.52. The van der Waals surface area contributed by atoms with E-state index in [1.54, 1.807) is 51.6 Å². The average molecular weight is 437 g/mol. The molecule has 0 aliphatic carbocycles. The van der Waals surface area contributed by atoms with E-state index in [9.17, 15) is 14.4 Å². The number of likely N-dealkylation sites (tertiary alicyclic amines) is 1. The molecule has 1 aliphatic heterocycles. The van der Waals surface area contributed by atoms with Gasteiger partial charge in [-0.05, 0) is 23.8 Å². The summed E-state index contributed by atoms with van der Waals surface area (Å²) in [6.45, 7) is -0.380. The summed E-state index contributed by atoms with van der Waals surface area (Å²) < 4.78 is 17.1. The Morgan fingerprint density at radius 3 is 2.47 bits per heavy atom. The van der Waals surface area contributed by atoms with Gasteiger partial charge < -0.3 is 19.1 Å². The largest absolute Gasteiger partial charge is 0.497 e. The third-order valence-corrected chi connectivity index (χ3v) is 5.60. The fraction of sp³-hybridized carbons (Fsp3) is 0.304. The van der Waals surface area contributed by atoms with Crippen molar-refractivity contribution in [1.29, 1.82) is 0 Å². The van der Waals surface area contributed by atoms with Crippen LogP contribution in [0.15, 0.2) is 53.5 Å². The van der Waals surface area contributed by atoms with E-state index in [1.165, 1.54) is 11.1 Å². The van der Waals surface area contributed by atoms with Gasteiger partial charge in [0.2, 0.25) is 0 Å². The fourth-order valence-corrected chi connectivity index (χ4v) is 3.88. The van der Waals surface area contributed by atoms with Crippen LogP contribution in [-0.4, -0.2) is 53.9 Å². The first kappa shape index (κ1) is 21.4. The van der Waals surface area contributed by atoms with Crippen molar-refractivity contribution in [2.24, 2.45) is 0 Å². The monoisotopic (exact) mass is 437 g/mol. The molecular weight excluding hydrogens is 414 g/mol. The van der Waals surface area contributed by atoms with E-state index in [2.05, 4.69) is 5.10 Å². The summed E-state index contributed by atoms with van der Waals surface area (Å²) in [7, 11) is 4.76. The van der Waals surface area contributed by atoms with Gasteiger partial charge in [-0.2, -0.15) is 5.10 Å². The molecule has 1 fully saturated rings. The summed E-state index contributed by atoms with van der Waals surface area (Å²) >= 11 is 0. The van der Waals surface area contributed by atoms with E-state index < -0.39 is 17.6 Å². The van der Waals surface area contributed by atoms with E-state index in [4.69, 9.17) is 14.2 Å². The summed E-state index contributed by atoms with van der Waals surface area (Å²) in [5.74, 6) is 0.180. The SMILES string of the molecule is COc1cc(OC)cc([C@H]2C[C@@H](OC(=O)Cn3ncc4ccccc4c3=O)C(=O)N2C)c1. The molecule has 1 amide bonds. The summed E-state index contributed by atoms with van der Waals surface area (Å²) in [6, 6.07) is 12.1. The van der Waals surface area contributed by atoms with Gasteiger partial charge in [0.1, 0.15) is 18.0 Å². The normalized spacial score (nSPS) is 18.1. The Hall–Kier alpha value is -3.88. The van der Waals surface area contributed by atoms with Crippen molar-refractivity contribution in [2.45, 2.75) is 25.1 Å². The van der Waals surface area contributed by atoms with Gasteiger partial charge in [-0.15, -0.1) is 0 Å². The quantitative estimate of drug-likeness (QED) is 0.543. The van der Waals surface area contributed by atoms with Gasteiger partial charge in [0, 0.05) is 24.9 Å². The highest BCUT2D eigenvalue weighted by atomic mass is 16.5. The molecule has 0 unspecified atom stereocenters. The van der Waals surface area contributed by atoms with Crippen LogP contribution >= 0.6 is 0 Å². The average Bonchev–Trinajstić information content (AvgIpc) is 3.09. The van der Waals surface area contributed by atoms with Crippen LogP contribution in [0.1, 0.15) is 18.0 Å². The Bertz CT molecular complexity index is 1220. The molecule has 166 valence electrons. The van der Waals surface area contributed by atoms with Gasteiger partial charge in [0.15, 0.2) is 6.10 Å². The minimum atomic E-state index is -0.953. The number of methoxy groups -OCH3 is 2. The lowest BCUT2D eigenvalue weighted by molar-refractivity contribution is -0.156. The maximum absolute atomic E-state index is 12.7. The first-order chi connectivity index (χ1) is 15.4. The third-order valence-electron chi connectivity index (χ3n) is 5.60. The molecule has 0 saturated carbocycles. The molecule has 0 spiro atoms. The van der Waals surface area contributed by atoms with Crippen LogP contribution in [-0.2, 0) is 20.9 Å². The van der Waals surface area contributed by atoms with Gasteiger partial charge in [-0.1, -0.05) is 18.2 Å². The molecule has 0 N–H and O–H groups in total. The first-order valence-corrected chi connectivity index (χ1v) is 10.0. The number of amides is 1. The van der Waals surface area contributed by atoms with Gasteiger partial charge in [-0.3, -0.25) is 14.4 Å². The Balaban J connectivity index is 1.49. The molecule has 3 aromatic rings. The molecule has 1 aliphatic rings. The maximum atomic E-state index is 12.7. The van der Waals surface area contributed by atoms with Crippen molar-refractivity contribution >= 4 is 22.6 Å². The number of rotatable bonds is 6. The lowest BCUT2D eigenvalue weighted by Crippen LogP contribution is -2.33. The lowest BCUT2D eigenvalue weighted by Gasteiger charge is -2.20. The molecule has 2 heterocycles. The molecule has 2 atom stereocenters. The van der Waals surface area contributed by atoms with Crippen LogP contribution in [0, 0.1) is 0 Å². The highest BCUT2D eigenvalue weighted by Gasteiger charge is 2.41. The minimum absolute atomic E-state index is 0.275. The van der Waals surface area contributed by atoms with E-state index in [-0.39, 0.29) is 24.9 Å². The minimum Gasteiger partial charge on any atom is -0.497 e. The van der Waals surface area contributed by atoms with Gasteiger partial charge in [0.25, 0.3) is 11.5 Å². The number of hydrogen-bond donors (Lipinski definition) is 0. The van der Waals surface area contributed by atoms with Crippen molar-refractivity contribution in [1.82, 2.24) is 14.7 Å². The summed E-state index contributed by atoms with van der Waals surface area (Å²) in [6.07, 6.45) is 0.841. The van der Waals surface area contributed by atoms with Crippen LogP contribution in [0.3, 0.4) is 0 Å². The number of carbonyl (C=O) groups is 2. The highest BCUT2D eigenvalue weighted by molar-refractivity contribution is 5.86. The smallest absolute Gasteiger partial charge is 0.328 e. The highest BCUT2D eigenvalue weighted by Crippen LogP contribution is 2.36.